The molecule has 1 fully saturated rings. The lowest BCUT2D eigenvalue weighted by atomic mass is 9.91. The summed E-state index contributed by atoms with van der Waals surface area (Å²) in [6.45, 7) is 1.94. The molecule has 0 unspecified atom stereocenters. The third-order valence-corrected chi connectivity index (χ3v) is 4.79. The number of carbonyl (C=O) groups is 1. The van der Waals surface area contributed by atoms with E-state index < -0.39 is 11.6 Å². The largest absolute Gasteiger partial charge is 0.373 e. The number of carbonyl (C=O) groups excluding carboxylic acids is 1. The molecule has 0 radical (unpaired) electrons. The number of nitrogens with one attached hydrogen (secondary N) is 3. The van der Waals surface area contributed by atoms with Crippen LogP contribution in [0.5, 0.6) is 0 Å². The molecule has 0 atom stereocenters. The second-order valence-corrected chi connectivity index (χ2v) is 6.77. The van der Waals surface area contributed by atoms with E-state index in [1.54, 1.807) is 6.20 Å². The monoisotopic (exact) mass is 375 g/mol. The van der Waals surface area contributed by atoms with Gasteiger partial charge in [-0.3, -0.25) is 4.79 Å². The summed E-state index contributed by atoms with van der Waals surface area (Å²) < 4.78 is 26.3. The van der Waals surface area contributed by atoms with Crippen LogP contribution in [0.15, 0.2) is 24.4 Å². The second kappa shape index (κ2) is 8.28. The van der Waals surface area contributed by atoms with E-state index >= 15 is 0 Å². The molecule has 3 N–H and O–H groups in total. The topological polar surface area (TPSA) is 78.9 Å². The van der Waals surface area contributed by atoms with Crippen LogP contribution >= 0.6 is 0 Å². The first-order valence-corrected chi connectivity index (χ1v) is 9.00. The van der Waals surface area contributed by atoms with Crippen LogP contribution in [0.1, 0.15) is 41.6 Å². The predicted molar refractivity (Wildman–Crippen MR) is 99.8 cm³/mol. The van der Waals surface area contributed by atoms with Crippen molar-refractivity contribution in [2.75, 3.05) is 17.7 Å². The molecule has 3 rings (SSSR count). The Labute approximate surface area is 156 Å². The number of benzene rings is 1. The van der Waals surface area contributed by atoms with Crippen LogP contribution in [0.4, 0.5) is 20.5 Å². The Morgan fingerprint density at radius 1 is 1.11 bits per heavy atom. The Morgan fingerprint density at radius 3 is 2.48 bits per heavy atom. The van der Waals surface area contributed by atoms with Gasteiger partial charge in [-0.05, 0) is 50.8 Å². The lowest BCUT2D eigenvalue weighted by Crippen LogP contribution is -2.40. The second-order valence-electron chi connectivity index (χ2n) is 6.77. The molecule has 144 valence electrons. The zero-order valence-electron chi connectivity index (χ0n) is 15.4. The summed E-state index contributed by atoms with van der Waals surface area (Å²) in [5.74, 6) is -0.988. The molecular formula is C19H23F2N5O. The zero-order chi connectivity index (χ0) is 19.4. The van der Waals surface area contributed by atoms with Gasteiger partial charge in [0, 0.05) is 36.5 Å². The Kier molecular flexibility index (Phi) is 5.83. The predicted octanol–water partition coefficient (Wildman–Crippen LogP) is 3.26. The van der Waals surface area contributed by atoms with E-state index in [4.69, 9.17) is 0 Å². The average Bonchev–Trinajstić information content (AvgIpc) is 2.67. The van der Waals surface area contributed by atoms with Crippen molar-refractivity contribution in [1.82, 2.24) is 15.3 Å². The standard InChI is InChI=1S/C19H23F2N5O/c1-11-10-23-19(26-17(11)22-2)25-14-6-4-13(5-7-14)24-18(27)12-3-8-15(20)16(21)9-12/h3,8-10,13-14H,4-7H2,1-2H3,(H,24,27)(H2,22,23,25,26). The zero-order valence-corrected chi connectivity index (χ0v) is 15.4. The Bertz CT molecular complexity index is 822. The Hall–Kier alpha value is -2.77. The van der Waals surface area contributed by atoms with Gasteiger partial charge in [0.15, 0.2) is 11.6 Å². The summed E-state index contributed by atoms with van der Waals surface area (Å²) in [5, 5.41) is 9.27. The van der Waals surface area contributed by atoms with Crippen LogP contribution in [-0.4, -0.2) is 35.0 Å². The molecule has 6 nitrogen and oxygen atoms in total. The fourth-order valence-electron chi connectivity index (χ4n) is 3.24. The van der Waals surface area contributed by atoms with Gasteiger partial charge >= 0.3 is 0 Å². The fourth-order valence-corrected chi connectivity index (χ4v) is 3.24. The number of rotatable bonds is 5. The van der Waals surface area contributed by atoms with Crippen molar-refractivity contribution < 1.29 is 13.6 Å². The summed E-state index contributed by atoms with van der Waals surface area (Å²) in [6.07, 6.45) is 5.06. The minimum absolute atomic E-state index is 0.00969. The van der Waals surface area contributed by atoms with Crippen molar-refractivity contribution in [3.8, 4) is 0 Å². The van der Waals surface area contributed by atoms with E-state index in [0.29, 0.717) is 5.95 Å². The molecule has 1 amide bonds. The SMILES string of the molecule is CNc1nc(NC2CCC(NC(=O)c3ccc(F)c(F)c3)CC2)ncc1C. The molecule has 1 aromatic carbocycles. The van der Waals surface area contributed by atoms with Crippen LogP contribution in [-0.2, 0) is 0 Å². The first-order chi connectivity index (χ1) is 13.0. The quantitative estimate of drug-likeness (QED) is 0.748. The summed E-state index contributed by atoms with van der Waals surface area (Å²) in [4.78, 5) is 21.0. The van der Waals surface area contributed by atoms with E-state index in [1.807, 2.05) is 14.0 Å². The number of aromatic nitrogens is 2. The highest BCUT2D eigenvalue weighted by Crippen LogP contribution is 2.22. The van der Waals surface area contributed by atoms with Crippen molar-refractivity contribution in [2.24, 2.45) is 0 Å². The van der Waals surface area contributed by atoms with Gasteiger partial charge in [-0.15, -0.1) is 0 Å². The van der Waals surface area contributed by atoms with Gasteiger partial charge in [0.2, 0.25) is 5.95 Å². The molecule has 1 aliphatic carbocycles. The highest BCUT2D eigenvalue weighted by atomic mass is 19.2. The maximum absolute atomic E-state index is 13.3. The Morgan fingerprint density at radius 2 is 1.81 bits per heavy atom. The fraction of sp³-hybridized carbons (Fsp3) is 0.421. The van der Waals surface area contributed by atoms with Gasteiger partial charge in [0.05, 0.1) is 0 Å². The van der Waals surface area contributed by atoms with Crippen LogP contribution in [0.2, 0.25) is 0 Å². The van der Waals surface area contributed by atoms with E-state index in [0.717, 1.165) is 49.2 Å². The number of anilines is 2. The van der Waals surface area contributed by atoms with Crippen LogP contribution < -0.4 is 16.0 Å². The smallest absolute Gasteiger partial charge is 0.251 e. The molecule has 1 aliphatic rings. The molecule has 0 spiro atoms. The van der Waals surface area contributed by atoms with E-state index in [9.17, 15) is 13.6 Å². The van der Waals surface area contributed by atoms with Gasteiger partial charge in [0.1, 0.15) is 5.82 Å². The molecule has 2 aromatic rings. The van der Waals surface area contributed by atoms with Crippen LogP contribution in [0.3, 0.4) is 0 Å². The lowest BCUT2D eigenvalue weighted by Gasteiger charge is -2.29. The average molecular weight is 375 g/mol. The maximum Gasteiger partial charge on any atom is 0.251 e. The molecule has 0 aliphatic heterocycles. The summed E-state index contributed by atoms with van der Waals surface area (Å²) in [6, 6.07) is 3.41. The van der Waals surface area contributed by atoms with Gasteiger partial charge in [-0.25, -0.2) is 13.8 Å². The third-order valence-electron chi connectivity index (χ3n) is 4.79. The number of amides is 1. The molecule has 0 saturated heterocycles. The van der Waals surface area contributed by atoms with Crippen molar-refractivity contribution in [1.29, 1.82) is 0 Å². The minimum Gasteiger partial charge on any atom is -0.373 e. The highest BCUT2D eigenvalue weighted by molar-refractivity contribution is 5.94. The molecule has 1 saturated carbocycles. The van der Waals surface area contributed by atoms with Crippen LogP contribution in [0.25, 0.3) is 0 Å². The Balaban J connectivity index is 1.51. The van der Waals surface area contributed by atoms with Gasteiger partial charge in [0.25, 0.3) is 5.91 Å². The first kappa shape index (κ1) is 19.0. The van der Waals surface area contributed by atoms with E-state index in [-0.39, 0.29) is 23.6 Å². The van der Waals surface area contributed by atoms with Crippen LogP contribution in [0, 0.1) is 18.6 Å². The van der Waals surface area contributed by atoms with Crippen molar-refractivity contribution >= 4 is 17.7 Å². The minimum atomic E-state index is -1.02. The number of aryl methyl sites for hydroxylation is 1. The van der Waals surface area contributed by atoms with E-state index in [1.165, 1.54) is 6.07 Å². The normalized spacial score (nSPS) is 19.4. The molecule has 8 heteroatoms. The van der Waals surface area contributed by atoms with Crippen molar-refractivity contribution in [2.45, 2.75) is 44.7 Å². The van der Waals surface area contributed by atoms with Gasteiger partial charge in [-0.1, -0.05) is 0 Å². The molecular weight excluding hydrogens is 352 g/mol. The summed E-state index contributed by atoms with van der Waals surface area (Å²) in [5.41, 5.74) is 1.11. The van der Waals surface area contributed by atoms with Gasteiger partial charge in [-0.2, -0.15) is 4.98 Å². The number of nitrogens with zero attached hydrogens (tertiary/aromatic N) is 2. The van der Waals surface area contributed by atoms with Crippen molar-refractivity contribution in [3.05, 3.63) is 47.2 Å². The maximum atomic E-state index is 13.3. The first-order valence-electron chi connectivity index (χ1n) is 9.00. The highest BCUT2D eigenvalue weighted by Gasteiger charge is 2.23. The van der Waals surface area contributed by atoms with Crippen molar-refractivity contribution in [3.63, 3.8) is 0 Å². The van der Waals surface area contributed by atoms with E-state index in [2.05, 4.69) is 25.9 Å². The number of hydrogen-bond donors (Lipinski definition) is 3. The molecule has 1 heterocycles. The number of hydrogen-bond acceptors (Lipinski definition) is 5. The lowest BCUT2D eigenvalue weighted by molar-refractivity contribution is 0.0926. The molecule has 27 heavy (non-hydrogen) atoms. The molecule has 1 aromatic heterocycles. The van der Waals surface area contributed by atoms with Gasteiger partial charge < -0.3 is 16.0 Å². The molecule has 0 bridgehead atoms. The number of halogens is 2. The third kappa shape index (κ3) is 4.69. The summed E-state index contributed by atoms with van der Waals surface area (Å²) >= 11 is 0. The summed E-state index contributed by atoms with van der Waals surface area (Å²) in [7, 11) is 1.82.